The van der Waals surface area contributed by atoms with E-state index in [9.17, 15) is 4.79 Å². The molecule has 13 heavy (non-hydrogen) atoms. The van der Waals surface area contributed by atoms with Gasteiger partial charge in [0.1, 0.15) is 0 Å². The highest BCUT2D eigenvalue weighted by atomic mass is 16.3. The van der Waals surface area contributed by atoms with Crippen LogP contribution in [0.4, 0.5) is 0 Å². The fraction of sp³-hybridized carbons (Fsp3) is 0.111. The highest BCUT2D eigenvalue weighted by Gasteiger charge is 2.16. The van der Waals surface area contributed by atoms with Crippen LogP contribution >= 0.6 is 0 Å². The van der Waals surface area contributed by atoms with Gasteiger partial charge in [0.25, 0.3) is 12.4 Å². The normalized spacial score (nSPS) is 12.2. The number of carboxylic acid groups (broad SMARTS) is 1. The van der Waals surface area contributed by atoms with Gasteiger partial charge in [-0.15, -0.1) is 0 Å². The Kier molecular flexibility index (Phi) is 3.03. The first-order chi connectivity index (χ1) is 6.29. The van der Waals surface area contributed by atoms with Crippen molar-refractivity contribution < 1.29 is 14.7 Å². The number of hydrogen-bond donors (Lipinski definition) is 2. The first kappa shape index (κ1) is 9.25. The molecular weight excluding hydrogens is 170 g/mol. The van der Waals surface area contributed by atoms with Crippen molar-refractivity contribution in [1.82, 2.24) is 5.32 Å². The third-order valence-electron chi connectivity index (χ3n) is 1.70. The second-order valence-corrected chi connectivity index (χ2v) is 2.45. The van der Waals surface area contributed by atoms with Gasteiger partial charge < -0.3 is 10.4 Å². The number of hydrogen-bond acceptors (Lipinski definition) is 2. The summed E-state index contributed by atoms with van der Waals surface area (Å²) in [4.78, 5) is 19.3. The van der Waals surface area contributed by atoms with Gasteiger partial charge >= 0.3 is 0 Å². The summed E-state index contributed by atoms with van der Waals surface area (Å²) in [6.07, 6.45) is 0. The summed E-state index contributed by atoms with van der Waals surface area (Å²) >= 11 is 0. The zero-order valence-corrected chi connectivity index (χ0v) is 6.86. The monoisotopic (exact) mass is 179 g/mol. The predicted octanol–water partition coefficient (Wildman–Crippen LogP) is 0.631. The molecule has 2 N–H and O–H groups in total. The molecule has 1 aromatic rings. The highest BCUT2D eigenvalue weighted by molar-refractivity contribution is 5.98. The van der Waals surface area contributed by atoms with Crippen molar-refractivity contribution in [3.8, 4) is 0 Å². The molecule has 0 spiro atoms. The Bertz CT molecular complexity index is 322. The molecule has 0 saturated heterocycles. The van der Waals surface area contributed by atoms with E-state index in [4.69, 9.17) is 9.90 Å². The van der Waals surface area contributed by atoms with Gasteiger partial charge in [0.15, 0.2) is 0 Å². The molecule has 0 bridgehead atoms. The quantitative estimate of drug-likeness (QED) is 0.574. The fourth-order valence-electron chi connectivity index (χ4n) is 1.17. The summed E-state index contributed by atoms with van der Waals surface area (Å²) in [6.45, 7) is 0.439. The van der Waals surface area contributed by atoms with Gasteiger partial charge in [-0.05, 0) is 11.6 Å². The summed E-state index contributed by atoms with van der Waals surface area (Å²) in [5, 5.41) is 9.63. The molecule has 0 aromatic heterocycles. The van der Waals surface area contributed by atoms with Gasteiger partial charge in [0.2, 0.25) is 0 Å². The van der Waals surface area contributed by atoms with E-state index >= 15 is 0 Å². The molecule has 1 amide bonds. The lowest BCUT2D eigenvalue weighted by molar-refractivity contribution is -0.122. The van der Waals surface area contributed by atoms with Crippen LogP contribution in [0.5, 0.6) is 0 Å². The van der Waals surface area contributed by atoms with Crippen LogP contribution in [0.3, 0.4) is 0 Å². The van der Waals surface area contributed by atoms with Crippen molar-refractivity contribution >= 4 is 12.4 Å². The van der Waals surface area contributed by atoms with E-state index in [1.165, 1.54) is 0 Å². The highest BCUT2D eigenvalue weighted by Crippen LogP contribution is 2.13. The second-order valence-electron chi connectivity index (χ2n) is 2.45. The number of amides is 1. The molecule has 0 aliphatic carbocycles. The van der Waals surface area contributed by atoms with Crippen molar-refractivity contribution in [1.29, 1.82) is 0 Å². The molecule has 1 aromatic carbocycles. The maximum absolute atomic E-state index is 11.0. The molecule has 0 fully saturated rings. The van der Waals surface area contributed by atoms with Crippen LogP contribution in [-0.2, 0) is 11.3 Å². The first-order valence-electron chi connectivity index (χ1n) is 3.73. The number of fused-ring (bicyclic) bond motifs is 1. The Morgan fingerprint density at radius 1 is 1.38 bits per heavy atom. The lowest BCUT2D eigenvalue weighted by Crippen LogP contribution is -2.12. The maximum atomic E-state index is 11.0. The third-order valence-corrected chi connectivity index (χ3v) is 1.70. The van der Waals surface area contributed by atoms with E-state index in [1.54, 1.807) is 0 Å². The molecule has 0 radical (unpaired) electrons. The topological polar surface area (TPSA) is 66.4 Å². The second kappa shape index (κ2) is 4.25. The van der Waals surface area contributed by atoms with Crippen molar-refractivity contribution in [3.63, 3.8) is 0 Å². The number of rotatable bonds is 0. The number of benzene rings is 1. The molecule has 1 aliphatic rings. The SMILES string of the molecule is O=C1NCc2ccccc21.O=CO. The van der Waals surface area contributed by atoms with Gasteiger partial charge in [0, 0.05) is 12.1 Å². The van der Waals surface area contributed by atoms with Gasteiger partial charge in [-0.2, -0.15) is 0 Å². The van der Waals surface area contributed by atoms with Crippen molar-refractivity contribution in [2.24, 2.45) is 0 Å². The van der Waals surface area contributed by atoms with Gasteiger partial charge in [-0.1, -0.05) is 18.2 Å². The van der Waals surface area contributed by atoms with Crippen molar-refractivity contribution in [2.45, 2.75) is 6.54 Å². The predicted molar refractivity (Wildman–Crippen MR) is 46.3 cm³/mol. The molecule has 0 atom stereocenters. The average Bonchev–Trinajstić information content (AvgIpc) is 2.50. The maximum Gasteiger partial charge on any atom is 0.290 e. The summed E-state index contributed by atoms with van der Waals surface area (Å²) < 4.78 is 0. The van der Waals surface area contributed by atoms with E-state index in [2.05, 4.69) is 5.32 Å². The van der Waals surface area contributed by atoms with Crippen LogP contribution in [0, 0.1) is 0 Å². The Balaban J connectivity index is 0.000000251. The van der Waals surface area contributed by atoms with Crippen LogP contribution in [-0.4, -0.2) is 17.5 Å². The molecule has 4 heteroatoms. The molecule has 1 heterocycles. The van der Waals surface area contributed by atoms with E-state index in [1.807, 2.05) is 24.3 Å². The van der Waals surface area contributed by atoms with Crippen LogP contribution in [0.15, 0.2) is 24.3 Å². The minimum atomic E-state index is -0.250. The van der Waals surface area contributed by atoms with Gasteiger partial charge in [0.05, 0.1) is 0 Å². The van der Waals surface area contributed by atoms with Gasteiger partial charge in [-0.25, -0.2) is 0 Å². The number of nitrogens with one attached hydrogen (secondary N) is 1. The van der Waals surface area contributed by atoms with Crippen molar-refractivity contribution in [3.05, 3.63) is 35.4 Å². The standard InChI is InChI=1S/C8H7NO.CH2O2/c10-8-7-4-2-1-3-6(7)5-9-8;2-1-3/h1-4H,5H2,(H,9,10);1H,(H,2,3). The lowest BCUT2D eigenvalue weighted by atomic mass is 10.1. The minimum absolute atomic E-state index is 0.0515. The van der Waals surface area contributed by atoms with Crippen LogP contribution in [0.1, 0.15) is 15.9 Å². The summed E-state index contributed by atoms with van der Waals surface area (Å²) in [7, 11) is 0. The lowest BCUT2D eigenvalue weighted by Gasteiger charge is -1.89. The Labute approximate surface area is 75.2 Å². The molecule has 4 nitrogen and oxygen atoms in total. The minimum Gasteiger partial charge on any atom is -0.483 e. The summed E-state index contributed by atoms with van der Waals surface area (Å²) in [5.41, 5.74) is 1.93. The number of carbonyl (C=O) groups is 2. The first-order valence-corrected chi connectivity index (χ1v) is 3.73. The molecule has 1 aliphatic heterocycles. The Morgan fingerprint density at radius 3 is 2.62 bits per heavy atom. The van der Waals surface area contributed by atoms with Crippen LogP contribution in [0.2, 0.25) is 0 Å². The largest absolute Gasteiger partial charge is 0.483 e. The zero-order valence-electron chi connectivity index (χ0n) is 6.86. The zero-order chi connectivity index (χ0) is 9.68. The Morgan fingerprint density at radius 2 is 2.00 bits per heavy atom. The van der Waals surface area contributed by atoms with E-state index in [-0.39, 0.29) is 12.4 Å². The van der Waals surface area contributed by atoms with E-state index in [0.717, 1.165) is 11.1 Å². The third kappa shape index (κ3) is 2.05. The number of carbonyl (C=O) groups excluding carboxylic acids is 1. The van der Waals surface area contributed by atoms with Gasteiger partial charge in [-0.3, -0.25) is 9.59 Å². The molecular formula is C9H9NO3. The van der Waals surface area contributed by atoms with E-state index in [0.29, 0.717) is 6.54 Å². The van der Waals surface area contributed by atoms with Crippen LogP contribution < -0.4 is 5.32 Å². The average molecular weight is 179 g/mol. The van der Waals surface area contributed by atoms with E-state index < -0.39 is 0 Å². The molecule has 0 saturated carbocycles. The summed E-state index contributed by atoms with van der Waals surface area (Å²) in [6, 6.07) is 7.63. The van der Waals surface area contributed by atoms with Crippen LogP contribution in [0.25, 0.3) is 0 Å². The van der Waals surface area contributed by atoms with Crippen molar-refractivity contribution in [2.75, 3.05) is 0 Å². The fourth-order valence-corrected chi connectivity index (χ4v) is 1.17. The summed E-state index contributed by atoms with van der Waals surface area (Å²) in [5.74, 6) is 0.0515. The smallest absolute Gasteiger partial charge is 0.290 e. The molecule has 2 rings (SSSR count). The molecule has 0 unspecified atom stereocenters. The molecule has 68 valence electrons. The Hall–Kier alpha value is -1.84.